The minimum Gasteiger partial charge on any atom is -0.489 e. The highest BCUT2D eigenvalue weighted by Crippen LogP contribution is 2.25. The summed E-state index contributed by atoms with van der Waals surface area (Å²) >= 11 is 0. The van der Waals surface area contributed by atoms with Gasteiger partial charge in [0.15, 0.2) is 0 Å². The number of carbonyl (C=O) groups excluding carboxylic acids is 1. The number of carboxylic acids is 1. The van der Waals surface area contributed by atoms with E-state index in [9.17, 15) is 14.7 Å². The Labute approximate surface area is 214 Å². The summed E-state index contributed by atoms with van der Waals surface area (Å²) in [6.45, 7) is 10.7. The Hall–Kier alpha value is -3.60. The number of rotatable bonds is 11. The minimum absolute atomic E-state index is 0.0357. The van der Waals surface area contributed by atoms with E-state index in [1.54, 1.807) is 0 Å². The molecule has 190 valence electrons. The molecule has 0 aliphatic carbocycles. The summed E-state index contributed by atoms with van der Waals surface area (Å²) in [5, 5.41) is 12.5. The summed E-state index contributed by atoms with van der Waals surface area (Å²) in [4.78, 5) is 24.8. The zero-order chi connectivity index (χ0) is 26.2. The van der Waals surface area contributed by atoms with Gasteiger partial charge >= 0.3 is 5.97 Å². The third kappa shape index (κ3) is 7.98. The predicted octanol–water partition coefficient (Wildman–Crippen LogP) is 6.73. The van der Waals surface area contributed by atoms with E-state index in [0.717, 1.165) is 45.6 Å². The van der Waals surface area contributed by atoms with Crippen LogP contribution in [-0.4, -0.2) is 17.0 Å². The topological polar surface area (TPSA) is 75.6 Å². The summed E-state index contributed by atoms with van der Waals surface area (Å²) < 4.78 is 5.92. The Morgan fingerprint density at radius 3 is 2.17 bits per heavy atom. The molecule has 36 heavy (non-hydrogen) atoms. The molecule has 0 saturated carbocycles. The summed E-state index contributed by atoms with van der Waals surface area (Å²) in [6, 6.07) is 19.6. The van der Waals surface area contributed by atoms with E-state index >= 15 is 0 Å². The molecule has 3 rings (SSSR count). The molecule has 0 aliphatic heterocycles. The molecule has 0 aliphatic rings. The third-order valence-electron chi connectivity index (χ3n) is 6.11. The first-order valence-corrected chi connectivity index (χ1v) is 12.5. The van der Waals surface area contributed by atoms with E-state index in [0.29, 0.717) is 18.1 Å². The van der Waals surface area contributed by atoms with Crippen LogP contribution in [0.4, 0.5) is 0 Å². The fraction of sp³-hybridized carbons (Fsp3) is 0.355. The van der Waals surface area contributed by atoms with Crippen LogP contribution in [0.2, 0.25) is 0 Å². The Bertz CT molecular complexity index is 1180. The summed E-state index contributed by atoms with van der Waals surface area (Å²) in [6.07, 6.45) is 1.05. The third-order valence-corrected chi connectivity index (χ3v) is 6.11. The van der Waals surface area contributed by atoms with Gasteiger partial charge in [0.25, 0.3) is 5.91 Å². The number of carbonyl (C=O) groups is 2. The van der Waals surface area contributed by atoms with Gasteiger partial charge in [0.1, 0.15) is 12.4 Å². The Balaban J connectivity index is 1.87. The molecule has 1 amide bonds. The van der Waals surface area contributed by atoms with Crippen molar-refractivity contribution >= 4 is 11.9 Å². The van der Waals surface area contributed by atoms with Crippen LogP contribution >= 0.6 is 0 Å². The van der Waals surface area contributed by atoms with Crippen molar-refractivity contribution in [3.8, 4) is 5.75 Å². The Morgan fingerprint density at radius 1 is 0.889 bits per heavy atom. The first-order valence-electron chi connectivity index (χ1n) is 12.5. The standard InChI is InChI=1S/C31H37NO4/c1-20(2)14-29(26-16-22(4)15-23(5)17-26)32-31(35)28-18-24(8-9-25(28)10-13-30(33)34)19-36-27-11-6-21(3)7-12-27/h6-9,11-12,15-18,20,29H,10,13-14,19H2,1-5H3,(H,32,35)(H,33,34). The maximum absolute atomic E-state index is 13.6. The highest BCUT2D eigenvalue weighted by Gasteiger charge is 2.20. The van der Waals surface area contributed by atoms with Gasteiger partial charge in [-0.3, -0.25) is 9.59 Å². The van der Waals surface area contributed by atoms with Crippen molar-refractivity contribution in [3.63, 3.8) is 0 Å². The van der Waals surface area contributed by atoms with E-state index in [4.69, 9.17) is 4.74 Å². The maximum atomic E-state index is 13.6. The molecular weight excluding hydrogens is 450 g/mol. The van der Waals surface area contributed by atoms with E-state index in [-0.39, 0.29) is 24.8 Å². The maximum Gasteiger partial charge on any atom is 0.303 e. The lowest BCUT2D eigenvalue weighted by molar-refractivity contribution is -0.136. The van der Waals surface area contributed by atoms with Gasteiger partial charge in [-0.05, 0) is 74.4 Å². The van der Waals surface area contributed by atoms with Crippen LogP contribution in [0.5, 0.6) is 5.75 Å². The van der Waals surface area contributed by atoms with Crippen LogP contribution in [-0.2, 0) is 17.8 Å². The monoisotopic (exact) mass is 487 g/mol. The fourth-order valence-electron chi connectivity index (χ4n) is 4.38. The van der Waals surface area contributed by atoms with E-state index in [1.807, 2.05) is 49.4 Å². The predicted molar refractivity (Wildman–Crippen MR) is 143 cm³/mol. The summed E-state index contributed by atoms with van der Waals surface area (Å²) in [5.74, 6) is 0.0589. The molecule has 0 saturated heterocycles. The molecule has 0 heterocycles. The van der Waals surface area contributed by atoms with Crippen molar-refractivity contribution in [3.05, 3.63) is 99.6 Å². The number of aliphatic carboxylic acids is 1. The van der Waals surface area contributed by atoms with Gasteiger partial charge in [-0.1, -0.05) is 73.0 Å². The molecule has 3 aromatic rings. The largest absolute Gasteiger partial charge is 0.489 e. The van der Waals surface area contributed by atoms with Crippen molar-refractivity contribution in [2.24, 2.45) is 5.92 Å². The van der Waals surface area contributed by atoms with Gasteiger partial charge < -0.3 is 15.2 Å². The quantitative estimate of drug-likeness (QED) is 0.315. The van der Waals surface area contributed by atoms with Crippen molar-refractivity contribution in [2.75, 3.05) is 0 Å². The average molecular weight is 488 g/mol. The zero-order valence-corrected chi connectivity index (χ0v) is 21.9. The second-order valence-corrected chi connectivity index (χ2v) is 10.1. The van der Waals surface area contributed by atoms with Gasteiger partial charge in [0, 0.05) is 12.0 Å². The lowest BCUT2D eigenvalue weighted by atomic mass is 9.93. The van der Waals surface area contributed by atoms with Gasteiger partial charge in [-0.2, -0.15) is 0 Å². The average Bonchev–Trinajstić information content (AvgIpc) is 2.81. The molecular formula is C31H37NO4. The van der Waals surface area contributed by atoms with E-state index in [1.165, 1.54) is 0 Å². The molecule has 2 N–H and O–H groups in total. The van der Waals surface area contributed by atoms with Crippen LogP contribution in [0, 0.1) is 26.7 Å². The number of ether oxygens (including phenoxy) is 1. The highest BCUT2D eigenvalue weighted by molar-refractivity contribution is 5.96. The van der Waals surface area contributed by atoms with Gasteiger partial charge in [-0.15, -0.1) is 0 Å². The molecule has 0 bridgehead atoms. The number of hydrogen-bond acceptors (Lipinski definition) is 3. The summed E-state index contributed by atoms with van der Waals surface area (Å²) in [5.41, 5.74) is 6.63. The Morgan fingerprint density at radius 2 is 1.56 bits per heavy atom. The lowest BCUT2D eigenvalue weighted by Gasteiger charge is -2.23. The molecule has 0 aromatic heterocycles. The number of carboxylic acid groups (broad SMARTS) is 1. The summed E-state index contributed by atoms with van der Waals surface area (Å²) in [7, 11) is 0. The van der Waals surface area contributed by atoms with Crippen LogP contribution in [0.25, 0.3) is 0 Å². The number of hydrogen-bond donors (Lipinski definition) is 2. The second-order valence-electron chi connectivity index (χ2n) is 10.1. The molecule has 0 radical (unpaired) electrons. The lowest BCUT2D eigenvalue weighted by Crippen LogP contribution is -2.30. The van der Waals surface area contributed by atoms with Crippen molar-refractivity contribution < 1.29 is 19.4 Å². The Kier molecular flexibility index (Phi) is 9.29. The molecule has 1 unspecified atom stereocenters. The van der Waals surface area contributed by atoms with Crippen molar-refractivity contribution in [1.82, 2.24) is 5.32 Å². The van der Waals surface area contributed by atoms with Crippen molar-refractivity contribution in [1.29, 1.82) is 0 Å². The van der Waals surface area contributed by atoms with E-state index < -0.39 is 5.97 Å². The van der Waals surface area contributed by atoms with Crippen LogP contribution in [0.15, 0.2) is 60.7 Å². The number of aryl methyl sites for hydroxylation is 4. The molecule has 3 aromatic carbocycles. The minimum atomic E-state index is -0.888. The van der Waals surface area contributed by atoms with Crippen LogP contribution in [0.1, 0.15) is 76.5 Å². The van der Waals surface area contributed by atoms with Crippen molar-refractivity contribution in [2.45, 2.75) is 66.5 Å². The highest BCUT2D eigenvalue weighted by atomic mass is 16.5. The molecule has 0 fully saturated rings. The number of nitrogens with one attached hydrogen (secondary N) is 1. The van der Waals surface area contributed by atoms with Gasteiger partial charge in [0.2, 0.25) is 0 Å². The van der Waals surface area contributed by atoms with Crippen LogP contribution < -0.4 is 10.1 Å². The van der Waals surface area contributed by atoms with Gasteiger partial charge in [-0.25, -0.2) is 0 Å². The second kappa shape index (κ2) is 12.4. The smallest absolute Gasteiger partial charge is 0.303 e. The fourth-order valence-corrected chi connectivity index (χ4v) is 4.38. The zero-order valence-electron chi connectivity index (χ0n) is 21.9. The molecule has 5 heteroatoms. The van der Waals surface area contributed by atoms with E-state index in [2.05, 4.69) is 51.2 Å². The SMILES string of the molecule is Cc1ccc(OCc2ccc(CCC(=O)O)c(C(=O)NC(CC(C)C)c3cc(C)cc(C)c3)c2)cc1. The molecule has 5 nitrogen and oxygen atoms in total. The molecule has 1 atom stereocenters. The van der Waals surface area contributed by atoms with Gasteiger partial charge in [0.05, 0.1) is 6.04 Å². The first kappa shape index (κ1) is 27.0. The number of benzene rings is 3. The number of amides is 1. The molecule has 0 spiro atoms. The van der Waals surface area contributed by atoms with Crippen LogP contribution in [0.3, 0.4) is 0 Å². The normalized spacial score (nSPS) is 11.8. The first-order chi connectivity index (χ1) is 17.1.